The Morgan fingerprint density at radius 2 is 2.23 bits per heavy atom. The van der Waals surface area contributed by atoms with Gasteiger partial charge in [0.2, 0.25) is 17.6 Å². The van der Waals surface area contributed by atoms with Crippen LogP contribution in [0.5, 0.6) is 0 Å². The van der Waals surface area contributed by atoms with E-state index in [4.69, 9.17) is 9.26 Å². The Bertz CT molecular complexity index is 527. The van der Waals surface area contributed by atoms with Crippen molar-refractivity contribution in [3.05, 3.63) is 11.7 Å². The van der Waals surface area contributed by atoms with Crippen molar-refractivity contribution in [3.8, 4) is 0 Å². The summed E-state index contributed by atoms with van der Waals surface area (Å²) in [6, 6.07) is -0.0916. The summed E-state index contributed by atoms with van der Waals surface area (Å²) < 4.78 is 11.0. The van der Waals surface area contributed by atoms with Crippen molar-refractivity contribution in [2.75, 3.05) is 33.8 Å². The second-order valence-corrected chi connectivity index (χ2v) is 6.30. The summed E-state index contributed by atoms with van der Waals surface area (Å²) in [7, 11) is 3.87. The molecule has 0 N–H and O–H groups in total. The second-order valence-electron chi connectivity index (χ2n) is 6.30. The highest BCUT2D eigenvalue weighted by atomic mass is 16.5. The summed E-state index contributed by atoms with van der Waals surface area (Å²) in [5, 5.41) is 4.04. The summed E-state index contributed by atoms with van der Waals surface area (Å²) in [4.78, 5) is 20.9. The Labute approximate surface area is 130 Å². The third-order valence-corrected chi connectivity index (χ3v) is 4.35. The van der Waals surface area contributed by atoms with E-state index in [1.165, 1.54) is 0 Å². The van der Waals surface area contributed by atoms with Gasteiger partial charge in [0.05, 0.1) is 19.2 Å². The molecular weight excluding hydrogens is 284 g/mol. The van der Waals surface area contributed by atoms with Gasteiger partial charge < -0.3 is 14.2 Å². The van der Waals surface area contributed by atoms with Gasteiger partial charge in [0.15, 0.2) is 0 Å². The molecule has 1 amide bonds. The minimum Gasteiger partial charge on any atom is -0.366 e. The van der Waals surface area contributed by atoms with Crippen molar-refractivity contribution in [2.24, 2.45) is 0 Å². The molecule has 1 saturated carbocycles. The molecule has 0 spiro atoms. The van der Waals surface area contributed by atoms with Gasteiger partial charge >= 0.3 is 0 Å². The number of carbonyl (C=O) groups is 1. The van der Waals surface area contributed by atoms with Crippen LogP contribution in [0.4, 0.5) is 0 Å². The minimum absolute atomic E-state index is 0.0916. The fraction of sp³-hybridized carbons (Fsp3) is 0.800. The zero-order valence-corrected chi connectivity index (χ0v) is 13.5. The average Bonchev–Trinajstić information content (AvgIpc) is 3.25. The number of likely N-dealkylation sites (N-methyl/N-ethyl adjacent to an activating group) is 1. The number of rotatable bonds is 5. The summed E-state index contributed by atoms with van der Waals surface area (Å²) in [5.74, 6) is 1.85. The SMILES string of the molecule is CC[C@H](C(=O)N1CCOC(c2noc(C3CC3)n2)C1)N(C)C. The fourth-order valence-corrected chi connectivity index (χ4v) is 2.85. The maximum absolute atomic E-state index is 12.6. The number of hydrogen-bond acceptors (Lipinski definition) is 6. The van der Waals surface area contributed by atoms with Crippen LogP contribution in [0.1, 0.15) is 49.9 Å². The van der Waals surface area contributed by atoms with E-state index in [1.807, 2.05) is 30.8 Å². The fourth-order valence-electron chi connectivity index (χ4n) is 2.85. The molecule has 7 nitrogen and oxygen atoms in total. The highest BCUT2D eigenvalue weighted by Crippen LogP contribution is 2.39. The predicted molar refractivity (Wildman–Crippen MR) is 79.3 cm³/mol. The quantitative estimate of drug-likeness (QED) is 0.813. The van der Waals surface area contributed by atoms with Crippen LogP contribution in [-0.4, -0.2) is 65.7 Å². The van der Waals surface area contributed by atoms with Gasteiger partial charge in [0.1, 0.15) is 6.10 Å². The third kappa shape index (κ3) is 3.15. The average molecular weight is 308 g/mol. The van der Waals surface area contributed by atoms with E-state index in [0.29, 0.717) is 37.3 Å². The Kier molecular flexibility index (Phi) is 4.44. The van der Waals surface area contributed by atoms with Gasteiger partial charge in [0.25, 0.3) is 0 Å². The molecule has 7 heteroatoms. The zero-order chi connectivity index (χ0) is 15.7. The molecule has 2 fully saturated rings. The van der Waals surface area contributed by atoms with Crippen LogP contribution >= 0.6 is 0 Å². The van der Waals surface area contributed by atoms with Crippen LogP contribution in [-0.2, 0) is 9.53 Å². The molecule has 1 aromatic rings. The Hall–Kier alpha value is -1.47. The largest absolute Gasteiger partial charge is 0.366 e. The molecule has 122 valence electrons. The summed E-state index contributed by atoms with van der Waals surface area (Å²) >= 11 is 0. The molecule has 22 heavy (non-hydrogen) atoms. The molecule has 0 bridgehead atoms. The lowest BCUT2D eigenvalue weighted by atomic mass is 10.1. The molecule has 0 radical (unpaired) electrons. The minimum atomic E-state index is -0.284. The lowest BCUT2D eigenvalue weighted by Gasteiger charge is -2.35. The van der Waals surface area contributed by atoms with Gasteiger partial charge in [-0.2, -0.15) is 4.98 Å². The van der Waals surface area contributed by atoms with Crippen molar-refractivity contribution < 1.29 is 14.1 Å². The molecule has 0 aromatic carbocycles. The molecular formula is C15H24N4O3. The number of ether oxygens (including phenoxy) is 1. The lowest BCUT2D eigenvalue weighted by Crippen LogP contribution is -2.50. The molecule has 2 heterocycles. The van der Waals surface area contributed by atoms with E-state index in [9.17, 15) is 4.79 Å². The summed E-state index contributed by atoms with van der Waals surface area (Å²) in [6.45, 7) is 3.65. The van der Waals surface area contributed by atoms with Gasteiger partial charge in [0, 0.05) is 12.5 Å². The van der Waals surface area contributed by atoms with E-state index in [-0.39, 0.29) is 18.1 Å². The standard InChI is InChI=1S/C15H24N4O3/c1-4-11(18(2)3)15(20)19-7-8-21-12(9-19)13-16-14(22-17-13)10-5-6-10/h10-12H,4-9H2,1-3H3/t11-,12?/m1/s1. The Morgan fingerprint density at radius 1 is 1.45 bits per heavy atom. The van der Waals surface area contributed by atoms with Gasteiger partial charge in [-0.15, -0.1) is 0 Å². The monoisotopic (exact) mass is 308 g/mol. The zero-order valence-electron chi connectivity index (χ0n) is 13.5. The van der Waals surface area contributed by atoms with Crippen LogP contribution in [0.2, 0.25) is 0 Å². The number of morpholine rings is 1. The molecule has 1 unspecified atom stereocenters. The predicted octanol–water partition coefficient (Wildman–Crippen LogP) is 1.19. The van der Waals surface area contributed by atoms with Crippen molar-refractivity contribution in [2.45, 2.75) is 44.2 Å². The highest BCUT2D eigenvalue weighted by molar-refractivity contribution is 5.81. The van der Waals surface area contributed by atoms with Gasteiger partial charge in [-0.3, -0.25) is 9.69 Å². The van der Waals surface area contributed by atoms with Crippen LogP contribution in [0, 0.1) is 0 Å². The molecule has 1 aromatic heterocycles. The second kappa shape index (κ2) is 6.34. The van der Waals surface area contributed by atoms with Crippen molar-refractivity contribution in [3.63, 3.8) is 0 Å². The number of amides is 1. The maximum Gasteiger partial charge on any atom is 0.240 e. The van der Waals surface area contributed by atoms with E-state index in [1.54, 1.807) is 0 Å². The highest BCUT2D eigenvalue weighted by Gasteiger charge is 2.34. The number of carbonyl (C=O) groups excluding carboxylic acids is 1. The summed E-state index contributed by atoms with van der Waals surface area (Å²) in [6.07, 6.45) is 2.76. The van der Waals surface area contributed by atoms with Crippen LogP contribution in [0.3, 0.4) is 0 Å². The van der Waals surface area contributed by atoms with Gasteiger partial charge in [-0.1, -0.05) is 12.1 Å². The first-order valence-electron chi connectivity index (χ1n) is 8.00. The van der Waals surface area contributed by atoms with Gasteiger partial charge in [-0.05, 0) is 33.4 Å². The number of aromatic nitrogens is 2. The van der Waals surface area contributed by atoms with E-state index in [2.05, 4.69) is 10.1 Å². The summed E-state index contributed by atoms with van der Waals surface area (Å²) in [5.41, 5.74) is 0. The maximum atomic E-state index is 12.6. The Balaban J connectivity index is 1.66. The number of nitrogens with zero attached hydrogens (tertiary/aromatic N) is 4. The van der Waals surface area contributed by atoms with Crippen molar-refractivity contribution in [1.29, 1.82) is 0 Å². The first-order chi connectivity index (χ1) is 10.6. The van der Waals surface area contributed by atoms with Crippen molar-refractivity contribution in [1.82, 2.24) is 19.9 Å². The van der Waals surface area contributed by atoms with Crippen molar-refractivity contribution >= 4 is 5.91 Å². The first kappa shape index (κ1) is 15.4. The Morgan fingerprint density at radius 3 is 2.86 bits per heavy atom. The van der Waals surface area contributed by atoms with E-state index < -0.39 is 0 Å². The van der Waals surface area contributed by atoms with E-state index >= 15 is 0 Å². The van der Waals surface area contributed by atoms with Crippen LogP contribution in [0.25, 0.3) is 0 Å². The van der Waals surface area contributed by atoms with Crippen LogP contribution < -0.4 is 0 Å². The topological polar surface area (TPSA) is 71.7 Å². The third-order valence-electron chi connectivity index (χ3n) is 4.35. The smallest absolute Gasteiger partial charge is 0.240 e. The van der Waals surface area contributed by atoms with Gasteiger partial charge in [-0.25, -0.2) is 0 Å². The number of hydrogen-bond donors (Lipinski definition) is 0. The lowest BCUT2D eigenvalue weighted by molar-refractivity contribution is -0.144. The molecule has 1 aliphatic carbocycles. The van der Waals surface area contributed by atoms with E-state index in [0.717, 1.165) is 19.3 Å². The normalized spacial score (nSPS) is 23.8. The molecule has 1 saturated heterocycles. The molecule has 1 aliphatic heterocycles. The molecule has 2 aliphatic rings. The molecule has 3 rings (SSSR count). The van der Waals surface area contributed by atoms with Crippen LogP contribution in [0.15, 0.2) is 4.52 Å². The first-order valence-corrected chi connectivity index (χ1v) is 8.00. The molecule has 2 atom stereocenters.